The van der Waals surface area contributed by atoms with Crippen molar-refractivity contribution in [1.82, 2.24) is 9.21 Å². The van der Waals surface area contributed by atoms with Crippen LogP contribution in [0.2, 0.25) is 0 Å². The lowest BCUT2D eigenvalue weighted by molar-refractivity contribution is 0.266. The lowest BCUT2D eigenvalue weighted by Crippen LogP contribution is -2.39. The van der Waals surface area contributed by atoms with Gasteiger partial charge in [-0.1, -0.05) is 0 Å². The van der Waals surface area contributed by atoms with E-state index in [1.165, 1.54) is 25.7 Å². The van der Waals surface area contributed by atoms with E-state index in [0.29, 0.717) is 29.7 Å². The Balaban J connectivity index is 1.36. The third-order valence-corrected chi connectivity index (χ3v) is 7.12. The first kappa shape index (κ1) is 11.7. The number of piperidine rings is 1. The molecule has 0 N–H and O–H groups in total. The van der Waals surface area contributed by atoms with Gasteiger partial charge in [0.15, 0.2) is 0 Å². The molecule has 4 nitrogen and oxygen atoms in total. The second-order valence-electron chi connectivity index (χ2n) is 6.35. The molecule has 0 aromatic rings. The van der Waals surface area contributed by atoms with Crippen LogP contribution in [-0.4, -0.2) is 55.1 Å². The predicted octanol–water partition coefficient (Wildman–Crippen LogP) is 0.709. The van der Waals surface area contributed by atoms with Crippen LogP contribution in [-0.2, 0) is 10.0 Å². The molecule has 5 heteroatoms. The maximum absolute atomic E-state index is 12.3. The van der Waals surface area contributed by atoms with Gasteiger partial charge in [0.1, 0.15) is 0 Å². The highest BCUT2D eigenvalue weighted by molar-refractivity contribution is 7.89. The summed E-state index contributed by atoms with van der Waals surface area (Å²) in [5, 5.41) is 0. The molecule has 0 aromatic carbocycles. The molecular weight excluding hydrogens is 248 g/mol. The molecular formula is C13H21N2O2S. The lowest BCUT2D eigenvalue weighted by atomic mass is 10.0. The SMILES string of the molecule is O=S(=O)(CCN1C2CCC1CC2)N1C[C@H]2[CH][C@H]2C1. The Morgan fingerprint density at radius 1 is 1.00 bits per heavy atom. The molecule has 2 atom stereocenters. The van der Waals surface area contributed by atoms with Crippen LogP contribution in [0.1, 0.15) is 25.7 Å². The minimum atomic E-state index is -3.00. The van der Waals surface area contributed by atoms with Gasteiger partial charge in [0.05, 0.1) is 5.75 Å². The van der Waals surface area contributed by atoms with Crippen LogP contribution in [0.25, 0.3) is 0 Å². The highest BCUT2D eigenvalue weighted by Crippen LogP contribution is 2.44. The first-order valence-electron chi connectivity index (χ1n) is 7.22. The number of sulfonamides is 1. The summed E-state index contributed by atoms with van der Waals surface area (Å²) in [5.74, 6) is 1.48. The van der Waals surface area contributed by atoms with Crippen molar-refractivity contribution in [3.8, 4) is 0 Å². The predicted molar refractivity (Wildman–Crippen MR) is 69.4 cm³/mol. The van der Waals surface area contributed by atoms with Crippen LogP contribution >= 0.6 is 0 Å². The van der Waals surface area contributed by atoms with E-state index >= 15 is 0 Å². The summed E-state index contributed by atoms with van der Waals surface area (Å²) in [4.78, 5) is 2.46. The summed E-state index contributed by atoms with van der Waals surface area (Å²) in [7, 11) is -3.00. The zero-order valence-corrected chi connectivity index (χ0v) is 11.5. The smallest absolute Gasteiger partial charge is 0.215 e. The van der Waals surface area contributed by atoms with Gasteiger partial charge in [-0.2, -0.15) is 0 Å². The first-order valence-corrected chi connectivity index (χ1v) is 8.83. The fourth-order valence-corrected chi connectivity index (χ4v) is 5.65. The van der Waals surface area contributed by atoms with Gasteiger partial charge in [-0.3, -0.25) is 4.90 Å². The van der Waals surface area contributed by atoms with Crippen LogP contribution in [0.4, 0.5) is 0 Å². The molecule has 0 unspecified atom stereocenters. The Morgan fingerprint density at radius 3 is 2.11 bits per heavy atom. The normalized spacial score (nSPS) is 43.6. The van der Waals surface area contributed by atoms with Crippen molar-refractivity contribution < 1.29 is 8.42 Å². The van der Waals surface area contributed by atoms with E-state index in [1.54, 1.807) is 4.31 Å². The summed E-state index contributed by atoms with van der Waals surface area (Å²) < 4.78 is 26.3. The maximum atomic E-state index is 12.3. The second-order valence-corrected chi connectivity index (χ2v) is 8.44. The Labute approximate surface area is 109 Å². The minimum absolute atomic E-state index is 0.333. The summed E-state index contributed by atoms with van der Waals surface area (Å²) in [6.45, 7) is 2.26. The van der Waals surface area contributed by atoms with Gasteiger partial charge in [0.25, 0.3) is 0 Å². The molecule has 3 aliphatic heterocycles. The monoisotopic (exact) mass is 269 g/mol. The van der Waals surface area contributed by atoms with Gasteiger partial charge in [0.2, 0.25) is 10.0 Å². The van der Waals surface area contributed by atoms with Gasteiger partial charge in [-0.15, -0.1) is 0 Å². The van der Waals surface area contributed by atoms with Crippen molar-refractivity contribution in [3.05, 3.63) is 6.42 Å². The maximum Gasteiger partial charge on any atom is 0.215 e. The second kappa shape index (κ2) is 3.93. The molecule has 18 heavy (non-hydrogen) atoms. The largest absolute Gasteiger partial charge is 0.296 e. The number of hydrogen-bond acceptors (Lipinski definition) is 3. The highest BCUT2D eigenvalue weighted by atomic mass is 32.2. The van der Waals surface area contributed by atoms with Crippen LogP contribution < -0.4 is 0 Å². The fourth-order valence-electron chi connectivity index (χ4n) is 4.15. The summed E-state index contributed by atoms with van der Waals surface area (Å²) in [5.41, 5.74) is 0. The molecule has 0 aromatic heterocycles. The third-order valence-electron chi connectivity index (χ3n) is 5.34. The van der Waals surface area contributed by atoms with E-state index in [4.69, 9.17) is 0 Å². The van der Waals surface area contributed by atoms with Gasteiger partial charge >= 0.3 is 0 Å². The van der Waals surface area contributed by atoms with Crippen molar-refractivity contribution in [3.63, 3.8) is 0 Å². The van der Waals surface area contributed by atoms with Crippen LogP contribution in [0.3, 0.4) is 0 Å². The molecule has 4 aliphatic rings. The van der Waals surface area contributed by atoms with Crippen LogP contribution in [0.5, 0.6) is 0 Å². The minimum Gasteiger partial charge on any atom is -0.296 e. The molecule has 0 spiro atoms. The van der Waals surface area contributed by atoms with E-state index in [2.05, 4.69) is 11.3 Å². The molecule has 1 saturated carbocycles. The summed E-state index contributed by atoms with van der Waals surface area (Å²) in [6, 6.07) is 1.37. The molecule has 1 radical (unpaired) electrons. The quantitative estimate of drug-likeness (QED) is 0.755. The molecule has 4 rings (SSSR count). The zero-order valence-electron chi connectivity index (χ0n) is 10.7. The van der Waals surface area contributed by atoms with E-state index in [1.807, 2.05) is 0 Å². The lowest BCUT2D eigenvalue weighted by Gasteiger charge is -2.24. The molecule has 3 heterocycles. The zero-order chi connectivity index (χ0) is 12.3. The Bertz CT molecular complexity index is 420. The Kier molecular flexibility index (Phi) is 2.55. The Morgan fingerprint density at radius 2 is 1.56 bits per heavy atom. The molecule has 4 fully saturated rings. The summed E-state index contributed by atoms with van der Waals surface area (Å²) in [6.07, 6.45) is 7.41. The number of fused-ring (bicyclic) bond motifs is 3. The number of nitrogens with zero attached hydrogens (tertiary/aromatic N) is 2. The van der Waals surface area contributed by atoms with E-state index in [-0.39, 0.29) is 0 Å². The molecule has 3 saturated heterocycles. The van der Waals surface area contributed by atoms with Crippen molar-refractivity contribution >= 4 is 10.0 Å². The average molecular weight is 269 g/mol. The van der Waals surface area contributed by atoms with Gasteiger partial charge in [0, 0.05) is 31.7 Å². The summed E-state index contributed by atoms with van der Waals surface area (Å²) >= 11 is 0. The van der Waals surface area contributed by atoms with Crippen molar-refractivity contribution in [2.75, 3.05) is 25.4 Å². The molecule has 1 aliphatic carbocycles. The molecule has 101 valence electrons. The number of rotatable bonds is 4. The third kappa shape index (κ3) is 1.82. The van der Waals surface area contributed by atoms with E-state index < -0.39 is 10.0 Å². The average Bonchev–Trinajstić information content (AvgIpc) is 2.77. The van der Waals surface area contributed by atoms with Gasteiger partial charge < -0.3 is 0 Å². The van der Waals surface area contributed by atoms with Crippen LogP contribution in [0, 0.1) is 18.3 Å². The topological polar surface area (TPSA) is 40.6 Å². The molecule has 0 amide bonds. The molecule has 2 bridgehead atoms. The Hall–Kier alpha value is -0.130. The highest BCUT2D eigenvalue weighted by Gasteiger charge is 2.49. The van der Waals surface area contributed by atoms with Crippen LogP contribution in [0.15, 0.2) is 0 Å². The van der Waals surface area contributed by atoms with Crippen molar-refractivity contribution in [1.29, 1.82) is 0 Å². The van der Waals surface area contributed by atoms with Gasteiger partial charge in [-0.25, -0.2) is 12.7 Å². The van der Waals surface area contributed by atoms with Crippen molar-refractivity contribution in [2.24, 2.45) is 11.8 Å². The number of hydrogen-bond donors (Lipinski definition) is 0. The van der Waals surface area contributed by atoms with Crippen molar-refractivity contribution in [2.45, 2.75) is 37.8 Å². The van der Waals surface area contributed by atoms with E-state index in [9.17, 15) is 8.42 Å². The fraction of sp³-hybridized carbons (Fsp3) is 0.923. The first-order chi connectivity index (χ1) is 8.63. The van der Waals surface area contributed by atoms with Gasteiger partial charge in [-0.05, 0) is 43.9 Å². The van der Waals surface area contributed by atoms with E-state index in [0.717, 1.165) is 19.6 Å². The standard InChI is InChI=1S/C13H21N2O2S/c16-18(17,14-8-10-7-11(10)9-14)6-5-15-12-1-2-13(15)4-3-12/h7,10-13H,1-6,8-9H2/t10-,11+,12?,13?.